The van der Waals surface area contributed by atoms with Crippen LogP contribution in [0.25, 0.3) is 16.5 Å². The second kappa shape index (κ2) is 6.18. The summed E-state index contributed by atoms with van der Waals surface area (Å²) in [5.74, 6) is 0.208. The van der Waals surface area contributed by atoms with E-state index in [1.165, 1.54) is 32.5 Å². The van der Waals surface area contributed by atoms with Crippen molar-refractivity contribution in [3.8, 4) is 0 Å². The van der Waals surface area contributed by atoms with E-state index in [2.05, 4.69) is 57.1 Å². The average molecular weight is 404 g/mol. The number of fused-ring (bicyclic) bond motifs is 2. The Morgan fingerprint density at radius 2 is 2.24 bits per heavy atom. The van der Waals surface area contributed by atoms with Gasteiger partial charge in [-0.05, 0) is 52.2 Å². The number of amides is 1. The molecule has 0 radical (unpaired) electrons. The van der Waals surface area contributed by atoms with Crippen LogP contribution in [-0.2, 0) is 11.2 Å². The van der Waals surface area contributed by atoms with Crippen LogP contribution >= 0.6 is 15.9 Å². The molecule has 5 nitrogen and oxygen atoms in total. The topological polar surface area (TPSA) is 48.6 Å². The first-order chi connectivity index (χ1) is 12.0. The number of benzene rings is 1. The third kappa shape index (κ3) is 2.77. The fraction of sp³-hybridized carbons (Fsp3) is 0.421. The molecule has 0 saturated heterocycles. The molecule has 2 heterocycles. The quantitative estimate of drug-likeness (QED) is 0.834. The lowest BCUT2D eigenvalue weighted by atomic mass is 9.80. The van der Waals surface area contributed by atoms with Gasteiger partial charge in [-0.3, -0.25) is 4.90 Å². The minimum atomic E-state index is -0.286. The maximum absolute atomic E-state index is 11.7. The fourth-order valence-electron chi connectivity index (χ4n) is 4.01. The number of rotatable bonds is 2. The monoisotopic (exact) mass is 403 g/mol. The zero-order chi connectivity index (χ0) is 17.7. The van der Waals surface area contributed by atoms with Crippen LogP contribution in [0.15, 0.2) is 28.9 Å². The van der Waals surface area contributed by atoms with Gasteiger partial charge in [0.1, 0.15) is 6.61 Å². The number of hydrogen-bond acceptors (Lipinski definition) is 3. The van der Waals surface area contributed by atoms with Crippen LogP contribution < -0.4 is 0 Å². The van der Waals surface area contributed by atoms with Crippen molar-refractivity contribution in [2.45, 2.75) is 12.5 Å². The second-order valence-electron chi connectivity index (χ2n) is 7.16. The lowest BCUT2D eigenvalue weighted by Gasteiger charge is -2.39. The molecule has 25 heavy (non-hydrogen) atoms. The van der Waals surface area contributed by atoms with Gasteiger partial charge < -0.3 is 14.6 Å². The number of halogens is 1. The van der Waals surface area contributed by atoms with E-state index in [-0.39, 0.29) is 12.0 Å². The maximum Gasteiger partial charge on any atom is 0.409 e. The van der Waals surface area contributed by atoms with Crippen molar-refractivity contribution >= 4 is 38.5 Å². The largest absolute Gasteiger partial charge is 0.449 e. The average Bonchev–Trinajstić information content (AvgIpc) is 2.90. The van der Waals surface area contributed by atoms with Crippen LogP contribution in [0, 0.1) is 5.92 Å². The smallest absolute Gasteiger partial charge is 0.409 e. The van der Waals surface area contributed by atoms with Gasteiger partial charge in [-0.1, -0.05) is 18.2 Å². The number of aromatic nitrogens is 1. The highest BCUT2D eigenvalue weighted by Crippen LogP contribution is 2.43. The number of H-pyrrole nitrogens is 1. The van der Waals surface area contributed by atoms with Crippen LogP contribution in [-0.4, -0.2) is 61.2 Å². The molecule has 0 saturated carbocycles. The first-order valence-corrected chi connectivity index (χ1v) is 9.30. The summed E-state index contributed by atoms with van der Waals surface area (Å²) in [5.41, 5.74) is 5.17. The van der Waals surface area contributed by atoms with Crippen molar-refractivity contribution in [2.75, 3.05) is 34.3 Å². The second-order valence-corrected chi connectivity index (χ2v) is 7.95. The Bertz CT molecular complexity index is 871. The molecule has 4 rings (SSSR count). The van der Waals surface area contributed by atoms with Gasteiger partial charge in [-0.25, -0.2) is 4.79 Å². The summed E-state index contributed by atoms with van der Waals surface area (Å²) in [6, 6.07) is 6.79. The number of hydrogen-bond donors (Lipinski definition) is 1. The number of aromatic amines is 1. The van der Waals surface area contributed by atoms with E-state index in [4.69, 9.17) is 4.74 Å². The number of nitrogens with zero attached hydrogens (tertiary/aromatic N) is 2. The number of nitrogens with one attached hydrogen (secondary N) is 1. The molecule has 1 aromatic carbocycles. The van der Waals surface area contributed by atoms with E-state index >= 15 is 0 Å². The summed E-state index contributed by atoms with van der Waals surface area (Å²) < 4.78 is 6.51. The van der Waals surface area contributed by atoms with Crippen molar-refractivity contribution in [1.82, 2.24) is 14.8 Å². The SMILES string of the molecule is CN(C)C(=O)OC[C@@H]1C=C2c3cccc4[nH]c(Br)c(c34)C[C@H]2N(C)C1. The zero-order valence-corrected chi connectivity index (χ0v) is 16.3. The van der Waals surface area contributed by atoms with Gasteiger partial charge in [0.15, 0.2) is 0 Å². The van der Waals surface area contributed by atoms with Crippen molar-refractivity contribution in [1.29, 1.82) is 0 Å². The summed E-state index contributed by atoms with van der Waals surface area (Å²) in [6.45, 7) is 1.31. The Hall–Kier alpha value is -1.79. The molecule has 1 N–H and O–H groups in total. The third-order valence-electron chi connectivity index (χ3n) is 5.20. The minimum Gasteiger partial charge on any atom is -0.449 e. The van der Waals surface area contributed by atoms with Gasteiger partial charge in [0.2, 0.25) is 0 Å². The van der Waals surface area contributed by atoms with Crippen molar-refractivity contribution in [3.63, 3.8) is 0 Å². The molecule has 0 bridgehead atoms. The number of carbonyl (C=O) groups is 1. The van der Waals surface area contributed by atoms with E-state index in [9.17, 15) is 4.79 Å². The molecule has 2 aromatic rings. The molecule has 2 atom stereocenters. The summed E-state index contributed by atoms with van der Waals surface area (Å²) in [5, 5.41) is 1.32. The van der Waals surface area contributed by atoms with Crippen molar-refractivity contribution in [2.24, 2.45) is 5.92 Å². The van der Waals surface area contributed by atoms with Crippen LogP contribution in [0.5, 0.6) is 0 Å². The van der Waals surface area contributed by atoms with E-state index in [0.29, 0.717) is 12.6 Å². The Balaban J connectivity index is 1.70. The van der Waals surface area contributed by atoms with Crippen molar-refractivity contribution < 1.29 is 9.53 Å². The first kappa shape index (κ1) is 16.7. The number of ether oxygens (including phenoxy) is 1. The van der Waals surface area contributed by atoms with Gasteiger partial charge in [-0.15, -0.1) is 0 Å². The van der Waals surface area contributed by atoms with Crippen LogP contribution in [0.2, 0.25) is 0 Å². The highest BCUT2D eigenvalue weighted by Gasteiger charge is 2.35. The minimum absolute atomic E-state index is 0.208. The predicted octanol–water partition coefficient (Wildman–Crippen LogP) is 3.50. The van der Waals surface area contributed by atoms with Crippen LogP contribution in [0.3, 0.4) is 0 Å². The van der Waals surface area contributed by atoms with Crippen molar-refractivity contribution in [3.05, 3.63) is 40.0 Å². The molecule has 1 amide bonds. The molecule has 0 fully saturated rings. The molecule has 0 spiro atoms. The molecular weight excluding hydrogens is 382 g/mol. The molecule has 2 aliphatic rings. The highest BCUT2D eigenvalue weighted by molar-refractivity contribution is 9.10. The molecule has 1 aliphatic heterocycles. The van der Waals surface area contributed by atoms with Gasteiger partial charge in [0.05, 0.1) is 4.60 Å². The molecule has 132 valence electrons. The Morgan fingerprint density at radius 1 is 1.44 bits per heavy atom. The molecular formula is C19H22BrN3O2. The molecule has 6 heteroatoms. The van der Waals surface area contributed by atoms with Gasteiger partial charge in [-0.2, -0.15) is 0 Å². The Kier molecular flexibility index (Phi) is 4.12. The third-order valence-corrected chi connectivity index (χ3v) is 5.88. The van der Waals surface area contributed by atoms with E-state index in [1.54, 1.807) is 14.1 Å². The highest BCUT2D eigenvalue weighted by atomic mass is 79.9. The maximum atomic E-state index is 11.7. The summed E-state index contributed by atoms with van der Waals surface area (Å²) >= 11 is 3.68. The standard InChI is InChI=1S/C19H22BrN3O2/c1-22(2)19(24)25-10-11-7-13-12-5-4-6-15-17(12)14(18(20)21-15)8-16(13)23(3)9-11/h4-7,11,16,21H,8-10H2,1-3H3/t11-,16-/m1/s1. The lowest BCUT2D eigenvalue weighted by Crippen LogP contribution is -2.43. The fourth-order valence-corrected chi connectivity index (χ4v) is 4.58. The molecule has 0 unspecified atom stereocenters. The Morgan fingerprint density at radius 3 is 3.00 bits per heavy atom. The normalized spacial score (nSPS) is 22.5. The summed E-state index contributed by atoms with van der Waals surface area (Å²) in [7, 11) is 5.57. The van der Waals surface area contributed by atoms with E-state index < -0.39 is 0 Å². The zero-order valence-electron chi connectivity index (χ0n) is 14.7. The number of carbonyl (C=O) groups excluding carboxylic acids is 1. The van der Waals surface area contributed by atoms with Gasteiger partial charge >= 0.3 is 6.09 Å². The van der Waals surface area contributed by atoms with E-state index in [0.717, 1.165) is 17.6 Å². The van der Waals surface area contributed by atoms with Crippen LogP contribution in [0.4, 0.5) is 4.79 Å². The Labute approximate surface area is 155 Å². The number of likely N-dealkylation sites (N-methyl/N-ethyl adjacent to an activating group) is 1. The molecule has 1 aliphatic carbocycles. The summed E-state index contributed by atoms with van der Waals surface area (Å²) in [4.78, 5) is 19.0. The van der Waals surface area contributed by atoms with Crippen LogP contribution in [0.1, 0.15) is 11.1 Å². The van der Waals surface area contributed by atoms with Gasteiger partial charge in [0.25, 0.3) is 0 Å². The molecule has 1 aromatic heterocycles. The summed E-state index contributed by atoms with van der Waals surface area (Å²) in [6.07, 6.45) is 3.02. The predicted molar refractivity (Wildman–Crippen MR) is 103 cm³/mol. The lowest BCUT2D eigenvalue weighted by molar-refractivity contribution is 0.0978. The first-order valence-electron chi connectivity index (χ1n) is 8.51. The van der Waals surface area contributed by atoms with Gasteiger partial charge in [0, 0.05) is 43.5 Å². The van der Waals surface area contributed by atoms with E-state index in [1.807, 2.05) is 0 Å².